The van der Waals surface area contributed by atoms with Gasteiger partial charge in [-0.15, -0.1) is 0 Å². The molecule has 12 rings (SSSR count). The molecule has 0 radical (unpaired) electrons. The van der Waals surface area contributed by atoms with Crippen molar-refractivity contribution in [2.75, 3.05) is 0 Å². The number of hydrogen-bond donors (Lipinski definition) is 0. The Labute approximate surface area is 308 Å². The monoisotopic (exact) mass is 689 g/mol. The number of nitrogens with zero attached hydrogens (tertiary/aromatic N) is 3. The van der Waals surface area contributed by atoms with Crippen LogP contribution in [0.1, 0.15) is 0 Å². The molecule has 11 aromatic rings. The van der Waals surface area contributed by atoms with Crippen molar-refractivity contribution in [3.8, 4) is 67.5 Å². The minimum absolute atomic E-state index is 0.575. The molecule has 0 bridgehead atoms. The van der Waals surface area contributed by atoms with Gasteiger partial charge in [0, 0.05) is 38.2 Å². The van der Waals surface area contributed by atoms with Gasteiger partial charge in [-0.3, -0.25) is 0 Å². The van der Waals surface area contributed by atoms with E-state index in [1.165, 1.54) is 27.6 Å². The lowest BCUT2D eigenvalue weighted by Gasteiger charge is -2.11. The standard InChI is InChI=1S/C49H27N3O2/c1-2-11-28(12-3-1)29-23-24-36-43(27-29)54-42-22-10-19-38(46(36)42)49-51-47(31-25-30-13-8-17-34-32-14-4-5-15-33(32)39(26-31)44(30)34)50-48(52-49)37-18-9-21-41-45(37)35-16-6-7-20-40(35)53-41/h1-27H. The summed E-state index contributed by atoms with van der Waals surface area (Å²) in [6, 6.07) is 56.7. The number of furan rings is 2. The number of fused-ring (bicyclic) bond motifs is 9. The van der Waals surface area contributed by atoms with Crippen LogP contribution in [0, 0.1) is 0 Å². The first-order valence-electron chi connectivity index (χ1n) is 18.1. The summed E-state index contributed by atoms with van der Waals surface area (Å²) >= 11 is 0. The molecule has 3 heterocycles. The smallest absolute Gasteiger partial charge is 0.164 e. The highest BCUT2D eigenvalue weighted by Gasteiger charge is 2.24. The van der Waals surface area contributed by atoms with Gasteiger partial charge in [-0.05, 0) is 86.6 Å². The molecule has 1 aliphatic rings. The maximum absolute atomic E-state index is 6.54. The second kappa shape index (κ2) is 11.1. The van der Waals surface area contributed by atoms with E-state index in [0.29, 0.717) is 17.5 Å². The van der Waals surface area contributed by atoms with Crippen molar-refractivity contribution in [1.29, 1.82) is 0 Å². The zero-order chi connectivity index (χ0) is 35.3. The van der Waals surface area contributed by atoms with Crippen LogP contribution in [0.4, 0.5) is 0 Å². The van der Waals surface area contributed by atoms with Crippen molar-refractivity contribution in [2.24, 2.45) is 0 Å². The predicted octanol–water partition coefficient (Wildman–Crippen LogP) is 13.1. The van der Waals surface area contributed by atoms with Crippen LogP contribution in [0.25, 0.3) is 122 Å². The van der Waals surface area contributed by atoms with E-state index in [9.17, 15) is 0 Å². The minimum Gasteiger partial charge on any atom is -0.456 e. The molecule has 0 saturated carbocycles. The zero-order valence-electron chi connectivity index (χ0n) is 28.7. The molecule has 0 unspecified atom stereocenters. The summed E-state index contributed by atoms with van der Waals surface area (Å²) in [5, 5.41) is 6.39. The first-order chi connectivity index (χ1) is 26.7. The van der Waals surface area contributed by atoms with Crippen LogP contribution >= 0.6 is 0 Å². The second-order valence-electron chi connectivity index (χ2n) is 13.9. The maximum Gasteiger partial charge on any atom is 0.164 e. The normalized spacial score (nSPS) is 12.1. The minimum atomic E-state index is 0.575. The quantitative estimate of drug-likeness (QED) is 0.184. The van der Waals surface area contributed by atoms with E-state index in [0.717, 1.165) is 77.1 Å². The number of hydrogen-bond acceptors (Lipinski definition) is 5. The van der Waals surface area contributed by atoms with Gasteiger partial charge in [0.05, 0.1) is 0 Å². The van der Waals surface area contributed by atoms with E-state index in [4.69, 9.17) is 23.8 Å². The molecule has 0 saturated heterocycles. The molecule has 5 nitrogen and oxygen atoms in total. The van der Waals surface area contributed by atoms with Crippen LogP contribution in [0.3, 0.4) is 0 Å². The van der Waals surface area contributed by atoms with Crippen LogP contribution < -0.4 is 0 Å². The maximum atomic E-state index is 6.54. The molecule has 0 aliphatic heterocycles. The van der Waals surface area contributed by atoms with Crippen molar-refractivity contribution in [3.05, 3.63) is 164 Å². The van der Waals surface area contributed by atoms with E-state index >= 15 is 0 Å². The van der Waals surface area contributed by atoms with Crippen LogP contribution in [-0.2, 0) is 0 Å². The summed E-state index contributed by atoms with van der Waals surface area (Å²) in [5.74, 6) is 1.75. The first-order valence-corrected chi connectivity index (χ1v) is 18.1. The van der Waals surface area contributed by atoms with Crippen LogP contribution in [0.15, 0.2) is 173 Å². The molecular weight excluding hydrogens is 663 g/mol. The Hall–Kier alpha value is -7.37. The lowest BCUT2D eigenvalue weighted by atomic mass is 9.99. The van der Waals surface area contributed by atoms with Gasteiger partial charge >= 0.3 is 0 Å². The molecule has 0 spiro atoms. The van der Waals surface area contributed by atoms with Gasteiger partial charge in [-0.2, -0.15) is 0 Å². The summed E-state index contributed by atoms with van der Waals surface area (Å²) < 4.78 is 12.9. The molecule has 0 amide bonds. The highest BCUT2D eigenvalue weighted by Crippen LogP contribution is 2.49. The van der Waals surface area contributed by atoms with E-state index in [1.54, 1.807) is 0 Å². The Kier molecular flexibility index (Phi) is 5.99. The van der Waals surface area contributed by atoms with Crippen molar-refractivity contribution in [2.45, 2.75) is 0 Å². The number of aromatic nitrogens is 3. The molecule has 0 N–H and O–H groups in total. The van der Waals surface area contributed by atoms with Gasteiger partial charge in [0.25, 0.3) is 0 Å². The number of para-hydroxylation sites is 1. The summed E-state index contributed by atoms with van der Waals surface area (Å²) in [5.41, 5.74) is 13.1. The second-order valence-corrected chi connectivity index (χ2v) is 13.9. The topological polar surface area (TPSA) is 65.0 Å². The Morgan fingerprint density at radius 3 is 1.65 bits per heavy atom. The SMILES string of the molecule is c1ccc(-c2ccc3c(c2)oc2cccc(-c4nc(-c5cc6c7c(cccc7c5)-c5ccccc5-6)nc(-c5cccc6oc7ccccc7c56)n4)c23)cc1. The highest BCUT2D eigenvalue weighted by atomic mass is 16.3. The van der Waals surface area contributed by atoms with Gasteiger partial charge in [0.15, 0.2) is 17.5 Å². The third kappa shape index (κ3) is 4.24. The third-order valence-corrected chi connectivity index (χ3v) is 10.9. The fourth-order valence-corrected chi connectivity index (χ4v) is 8.48. The Bertz CT molecular complexity index is 3340. The van der Waals surface area contributed by atoms with E-state index in [2.05, 4.69) is 115 Å². The number of benzene rings is 8. The van der Waals surface area contributed by atoms with Crippen molar-refractivity contribution in [3.63, 3.8) is 0 Å². The molecular formula is C49H27N3O2. The zero-order valence-corrected chi connectivity index (χ0v) is 28.7. The number of rotatable bonds is 4. The van der Waals surface area contributed by atoms with E-state index < -0.39 is 0 Å². The van der Waals surface area contributed by atoms with E-state index in [-0.39, 0.29) is 0 Å². The van der Waals surface area contributed by atoms with Crippen molar-refractivity contribution in [1.82, 2.24) is 15.0 Å². The van der Waals surface area contributed by atoms with Gasteiger partial charge in [0.2, 0.25) is 0 Å². The van der Waals surface area contributed by atoms with Crippen LogP contribution in [0.5, 0.6) is 0 Å². The predicted molar refractivity (Wildman–Crippen MR) is 218 cm³/mol. The molecule has 1 aliphatic carbocycles. The lowest BCUT2D eigenvalue weighted by Crippen LogP contribution is -2.01. The van der Waals surface area contributed by atoms with Crippen molar-refractivity contribution < 1.29 is 8.83 Å². The lowest BCUT2D eigenvalue weighted by molar-refractivity contribution is 0.668. The first kappa shape index (κ1) is 29.2. The average molecular weight is 690 g/mol. The summed E-state index contributed by atoms with van der Waals surface area (Å²) in [7, 11) is 0. The Balaban J connectivity index is 1.13. The van der Waals surface area contributed by atoms with Gasteiger partial charge < -0.3 is 8.83 Å². The fourth-order valence-electron chi connectivity index (χ4n) is 8.48. The fraction of sp³-hybridized carbons (Fsp3) is 0. The average Bonchev–Trinajstić information content (AvgIpc) is 3.91. The van der Waals surface area contributed by atoms with Gasteiger partial charge in [0.1, 0.15) is 22.3 Å². The molecule has 8 aromatic carbocycles. The molecule has 0 fully saturated rings. The Morgan fingerprint density at radius 1 is 0.296 bits per heavy atom. The summed E-state index contributed by atoms with van der Waals surface area (Å²) in [4.78, 5) is 15.9. The summed E-state index contributed by atoms with van der Waals surface area (Å²) in [6.45, 7) is 0. The molecule has 3 aromatic heterocycles. The molecule has 250 valence electrons. The van der Waals surface area contributed by atoms with Crippen molar-refractivity contribution >= 4 is 54.6 Å². The third-order valence-electron chi connectivity index (χ3n) is 10.9. The highest BCUT2D eigenvalue weighted by molar-refractivity contribution is 6.17. The molecule has 54 heavy (non-hydrogen) atoms. The molecule has 0 atom stereocenters. The molecule has 5 heteroatoms. The summed E-state index contributed by atoms with van der Waals surface area (Å²) in [6.07, 6.45) is 0. The largest absolute Gasteiger partial charge is 0.456 e. The Morgan fingerprint density at radius 2 is 0.870 bits per heavy atom. The van der Waals surface area contributed by atoms with Crippen LogP contribution in [-0.4, -0.2) is 15.0 Å². The van der Waals surface area contributed by atoms with Gasteiger partial charge in [-0.1, -0.05) is 121 Å². The van der Waals surface area contributed by atoms with Crippen LogP contribution in [0.2, 0.25) is 0 Å². The van der Waals surface area contributed by atoms with Gasteiger partial charge in [-0.25, -0.2) is 15.0 Å². The van der Waals surface area contributed by atoms with E-state index in [1.807, 2.05) is 48.5 Å².